The van der Waals surface area contributed by atoms with Gasteiger partial charge >= 0.3 is 0 Å². The minimum atomic E-state index is -0.0734. The highest BCUT2D eigenvalue weighted by Gasteiger charge is 2.35. The Morgan fingerprint density at radius 3 is 3.11 bits per heavy atom. The molecule has 0 spiro atoms. The molecule has 0 unspecified atom stereocenters. The molecule has 0 N–H and O–H groups in total. The van der Waals surface area contributed by atoms with Gasteiger partial charge in [-0.05, 0) is 13.0 Å². The number of carbonyl (C=O) groups excluding carboxylic acids is 1. The molecule has 0 radical (unpaired) electrons. The molecule has 6 heteroatoms. The van der Waals surface area contributed by atoms with Crippen LogP contribution in [0.25, 0.3) is 0 Å². The Balaban J connectivity index is 1.98. The highest BCUT2D eigenvalue weighted by Crippen LogP contribution is 2.40. The van der Waals surface area contributed by atoms with E-state index in [2.05, 4.69) is 10.1 Å². The van der Waals surface area contributed by atoms with Gasteiger partial charge in [-0.15, -0.1) is 11.8 Å². The number of hydrogen-bond donors (Lipinski definition) is 0. The average Bonchev–Trinajstić information content (AvgIpc) is 2.96. The molecule has 0 saturated carbocycles. The summed E-state index contributed by atoms with van der Waals surface area (Å²) < 4.78 is 5.04. The minimum absolute atomic E-state index is 0.0437. The molecule has 1 saturated heterocycles. The van der Waals surface area contributed by atoms with Crippen LogP contribution >= 0.6 is 11.8 Å². The van der Waals surface area contributed by atoms with Crippen molar-refractivity contribution in [2.75, 3.05) is 10.7 Å². The van der Waals surface area contributed by atoms with Gasteiger partial charge in [-0.1, -0.05) is 11.2 Å². The van der Waals surface area contributed by atoms with Crippen molar-refractivity contribution in [2.45, 2.75) is 12.3 Å². The molecule has 1 amide bonds. The Bertz CT molecular complexity index is 570. The first kappa shape index (κ1) is 11.3. The quantitative estimate of drug-likeness (QED) is 0.829. The lowest BCUT2D eigenvalue weighted by Crippen LogP contribution is -2.28. The Morgan fingerprint density at radius 1 is 1.56 bits per heavy atom. The van der Waals surface area contributed by atoms with Gasteiger partial charge in [0.05, 0.1) is 5.75 Å². The van der Waals surface area contributed by atoms with Gasteiger partial charge in [-0.25, -0.2) is 0 Å². The monoisotopic (exact) mass is 261 g/mol. The fraction of sp³-hybridized carbons (Fsp3) is 0.250. The summed E-state index contributed by atoms with van der Waals surface area (Å²) in [6.45, 7) is 1.81. The molecule has 5 nitrogen and oxygen atoms in total. The van der Waals surface area contributed by atoms with E-state index in [1.807, 2.05) is 19.1 Å². The van der Waals surface area contributed by atoms with E-state index in [1.165, 1.54) is 0 Å². The predicted octanol–water partition coefficient (Wildman–Crippen LogP) is 2.16. The molecular weight excluding hydrogens is 250 g/mol. The van der Waals surface area contributed by atoms with Crippen molar-refractivity contribution >= 4 is 23.5 Å². The number of anilines is 1. The van der Waals surface area contributed by atoms with Crippen LogP contribution in [0.5, 0.6) is 0 Å². The van der Waals surface area contributed by atoms with E-state index in [9.17, 15) is 4.79 Å². The van der Waals surface area contributed by atoms with Gasteiger partial charge in [-0.2, -0.15) is 0 Å². The van der Waals surface area contributed by atoms with Crippen LogP contribution < -0.4 is 4.90 Å². The summed E-state index contributed by atoms with van der Waals surface area (Å²) in [7, 11) is 0. The molecule has 0 aliphatic carbocycles. The maximum atomic E-state index is 12.0. The molecule has 18 heavy (non-hydrogen) atoms. The van der Waals surface area contributed by atoms with Gasteiger partial charge in [-0.3, -0.25) is 14.7 Å². The fourth-order valence-electron chi connectivity index (χ4n) is 1.91. The molecule has 2 aromatic rings. The molecule has 0 aromatic carbocycles. The lowest BCUT2D eigenvalue weighted by atomic mass is 10.2. The number of pyridine rings is 1. The fourth-order valence-corrected chi connectivity index (χ4v) is 3.05. The third kappa shape index (κ3) is 1.88. The zero-order chi connectivity index (χ0) is 12.5. The molecule has 3 rings (SSSR count). The largest absolute Gasteiger partial charge is 0.360 e. The number of hydrogen-bond acceptors (Lipinski definition) is 5. The lowest BCUT2D eigenvalue weighted by molar-refractivity contribution is -0.115. The maximum Gasteiger partial charge on any atom is 0.239 e. The first-order valence-corrected chi connectivity index (χ1v) is 6.57. The van der Waals surface area contributed by atoms with E-state index in [0.717, 1.165) is 5.56 Å². The van der Waals surface area contributed by atoms with Gasteiger partial charge in [0.1, 0.15) is 11.1 Å². The van der Waals surface area contributed by atoms with Crippen LogP contribution in [0.15, 0.2) is 35.1 Å². The smallest absolute Gasteiger partial charge is 0.239 e. The first-order valence-electron chi connectivity index (χ1n) is 5.52. The van der Waals surface area contributed by atoms with Gasteiger partial charge in [0.15, 0.2) is 5.82 Å². The molecule has 1 aliphatic heterocycles. The van der Waals surface area contributed by atoms with Crippen molar-refractivity contribution in [1.29, 1.82) is 0 Å². The van der Waals surface area contributed by atoms with Gasteiger partial charge in [0.2, 0.25) is 5.91 Å². The van der Waals surface area contributed by atoms with E-state index in [-0.39, 0.29) is 11.3 Å². The zero-order valence-electron chi connectivity index (χ0n) is 9.74. The topological polar surface area (TPSA) is 59.2 Å². The van der Waals surface area contributed by atoms with Gasteiger partial charge in [0.25, 0.3) is 0 Å². The second-order valence-corrected chi connectivity index (χ2v) is 5.08. The number of carbonyl (C=O) groups is 1. The summed E-state index contributed by atoms with van der Waals surface area (Å²) in [5.74, 6) is 1.75. The highest BCUT2D eigenvalue weighted by molar-refractivity contribution is 8.00. The molecule has 92 valence electrons. The molecule has 1 aliphatic rings. The molecule has 0 bridgehead atoms. The van der Waals surface area contributed by atoms with Gasteiger partial charge < -0.3 is 4.52 Å². The van der Waals surface area contributed by atoms with Crippen LogP contribution in [0.4, 0.5) is 5.82 Å². The summed E-state index contributed by atoms with van der Waals surface area (Å²) in [5.41, 5.74) is 0.994. The summed E-state index contributed by atoms with van der Waals surface area (Å²) in [5, 5.41) is 3.85. The van der Waals surface area contributed by atoms with Crippen molar-refractivity contribution in [2.24, 2.45) is 0 Å². The number of aromatic nitrogens is 2. The predicted molar refractivity (Wildman–Crippen MR) is 68.2 cm³/mol. The van der Waals surface area contributed by atoms with E-state index in [0.29, 0.717) is 17.3 Å². The van der Waals surface area contributed by atoms with Crippen molar-refractivity contribution < 1.29 is 9.32 Å². The number of rotatable bonds is 2. The summed E-state index contributed by atoms with van der Waals surface area (Å²) in [6.07, 6.45) is 3.49. The van der Waals surface area contributed by atoms with Crippen molar-refractivity contribution in [1.82, 2.24) is 10.1 Å². The zero-order valence-corrected chi connectivity index (χ0v) is 10.6. The van der Waals surface area contributed by atoms with E-state index < -0.39 is 0 Å². The molecule has 2 aromatic heterocycles. The van der Waals surface area contributed by atoms with E-state index in [1.54, 1.807) is 35.1 Å². The number of nitrogens with zero attached hydrogens (tertiary/aromatic N) is 3. The number of thioether (sulfide) groups is 1. The van der Waals surface area contributed by atoms with Crippen LogP contribution in [0, 0.1) is 6.92 Å². The third-order valence-corrected chi connectivity index (χ3v) is 3.91. The van der Waals surface area contributed by atoms with Crippen LogP contribution in [0.3, 0.4) is 0 Å². The van der Waals surface area contributed by atoms with Gasteiger partial charge in [0, 0.05) is 24.0 Å². The Morgan fingerprint density at radius 2 is 2.44 bits per heavy atom. The van der Waals surface area contributed by atoms with Crippen LogP contribution in [-0.2, 0) is 4.79 Å². The second-order valence-electron chi connectivity index (χ2n) is 4.01. The molecule has 3 heterocycles. The summed E-state index contributed by atoms with van der Waals surface area (Å²) >= 11 is 1.57. The van der Waals surface area contributed by atoms with E-state index >= 15 is 0 Å². The normalized spacial score (nSPS) is 19.5. The van der Waals surface area contributed by atoms with Crippen LogP contribution in [0.2, 0.25) is 0 Å². The van der Waals surface area contributed by atoms with E-state index in [4.69, 9.17) is 4.52 Å². The molecular formula is C12H11N3O2S. The Labute approximate surface area is 108 Å². The highest BCUT2D eigenvalue weighted by atomic mass is 32.2. The van der Waals surface area contributed by atoms with Crippen molar-refractivity contribution in [3.63, 3.8) is 0 Å². The average molecular weight is 261 g/mol. The lowest BCUT2D eigenvalue weighted by Gasteiger charge is -2.20. The first-order chi connectivity index (χ1) is 8.75. The van der Waals surface area contributed by atoms with Crippen LogP contribution in [0.1, 0.15) is 16.7 Å². The third-order valence-electron chi connectivity index (χ3n) is 2.70. The minimum Gasteiger partial charge on any atom is -0.360 e. The number of amides is 1. The second kappa shape index (κ2) is 4.45. The molecule has 1 atom stereocenters. The maximum absolute atomic E-state index is 12.0. The number of aryl methyl sites for hydroxylation is 1. The Hall–Kier alpha value is -1.82. The van der Waals surface area contributed by atoms with Crippen molar-refractivity contribution in [3.05, 3.63) is 41.9 Å². The standard InChI is InChI=1S/C12H11N3O2S/c1-8-5-10(14-17-8)15-11(16)7-18-12(15)9-3-2-4-13-6-9/h2-6,12H,7H2,1H3/t12-/m1/s1. The van der Waals surface area contributed by atoms with Crippen molar-refractivity contribution in [3.8, 4) is 0 Å². The summed E-state index contributed by atoms with van der Waals surface area (Å²) in [6, 6.07) is 5.60. The Kier molecular flexibility index (Phi) is 2.79. The summed E-state index contributed by atoms with van der Waals surface area (Å²) in [4.78, 5) is 17.7. The SMILES string of the molecule is Cc1cc(N2C(=O)CS[C@@H]2c2cccnc2)no1. The van der Waals surface area contributed by atoms with Crippen LogP contribution in [-0.4, -0.2) is 21.8 Å². The molecule has 1 fully saturated rings.